The zero-order valence-corrected chi connectivity index (χ0v) is 12.7. The smallest absolute Gasteiger partial charge is 0.234 e. The third-order valence-corrected chi connectivity index (χ3v) is 3.97. The van der Waals surface area contributed by atoms with Gasteiger partial charge in [-0.15, -0.1) is 0 Å². The fourth-order valence-corrected chi connectivity index (χ4v) is 2.35. The highest BCUT2D eigenvalue weighted by Gasteiger charge is 2.39. The van der Waals surface area contributed by atoms with Crippen molar-refractivity contribution in [3.05, 3.63) is 34.6 Å². The van der Waals surface area contributed by atoms with Crippen molar-refractivity contribution in [1.29, 1.82) is 0 Å². The summed E-state index contributed by atoms with van der Waals surface area (Å²) < 4.78 is 13.1. The number of nitrogens with zero attached hydrogens (tertiary/aromatic N) is 1. The van der Waals surface area contributed by atoms with Gasteiger partial charge in [-0.05, 0) is 30.5 Å². The van der Waals surface area contributed by atoms with Gasteiger partial charge in [0.05, 0.1) is 5.02 Å². The number of halogens is 2. The molecule has 0 heterocycles. The van der Waals surface area contributed by atoms with E-state index in [9.17, 15) is 9.18 Å². The number of hydrogen-bond donors (Lipinski definition) is 3. The molecule has 0 radical (unpaired) electrons. The molecule has 0 atom stereocenters. The van der Waals surface area contributed by atoms with Crippen molar-refractivity contribution in [2.24, 2.45) is 16.3 Å². The van der Waals surface area contributed by atoms with Crippen LogP contribution < -0.4 is 11.1 Å². The van der Waals surface area contributed by atoms with E-state index in [0.29, 0.717) is 18.4 Å². The molecule has 1 aromatic rings. The lowest BCUT2D eigenvalue weighted by molar-refractivity contribution is -0.128. The molecular weight excluding hydrogens is 297 g/mol. The number of nitrogens with one attached hydrogen (secondary N) is 1. The summed E-state index contributed by atoms with van der Waals surface area (Å²) in [6.45, 7) is 3.76. The molecule has 0 aliphatic heterocycles. The molecule has 0 aliphatic carbocycles. The van der Waals surface area contributed by atoms with Gasteiger partial charge in [0.15, 0.2) is 5.84 Å². The van der Waals surface area contributed by atoms with Crippen molar-refractivity contribution >= 4 is 23.3 Å². The minimum Gasteiger partial charge on any atom is -0.409 e. The van der Waals surface area contributed by atoms with Crippen LogP contribution in [0.3, 0.4) is 0 Å². The van der Waals surface area contributed by atoms with Gasteiger partial charge in [0.1, 0.15) is 11.2 Å². The van der Waals surface area contributed by atoms with Crippen molar-refractivity contribution in [1.82, 2.24) is 5.32 Å². The topological polar surface area (TPSA) is 87.7 Å². The van der Waals surface area contributed by atoms with Crippen LogP contribution in [0, 0.1) is 11.2 Å². The normalized spacial score (nSPS) is 12.3. The Morgan fingerprint density at radius 1 is 1.48 bits per heavy atom. The van der Waals surface area contributed by atoms with Gasteiger partial charge in [-0.3, -0.25) is 4.79 Å². The molecule has 0 unspecified atom stereocenters. The Morgan fingerprint density at radius 2 is 2.10 bits per heavy atom. The summed E-state index contributed by atoms with van der Waals surface area (Å²) in [5.41, 5.74) is 5.26. The molecule has 1 amide bonds. The van der Waals surface area contributed by atoms with Crippen LogP contribution in [0.25, 0.3) is 0 Å². The highest BCUT2D eigenvalue weighted by atomic mass is 35.5. The van der Waals surface area contributed by atoms with E-state index in [-0.39, 0.29) is 23.3 Å². The van der Waals surface area contributed by atoms with Gasteiger partial charge < -0.3 is 16.3 Å². The van der Waals surface area contributed by atoms with Crippen LogP contribution in [0.4, 0.5) is 4.39 Å². The number of amides is 1. The van der Waals surface area contributed by atoms with Gasteiger partial charge in [-0.25, -0.2) is 4.39 Å². The summed E-state index contributed by atoms with van der Waals surface area (Å²) in [5.74, 6) is -0.981. The van der Waals surface area contributed by atoms with E-state index in [2.05, 4.69) is 10.5 Å². The molecule has 0 saturated heterocycles. The Kier molecular flexibility index (Phi) is 5.96. The lowest BCUT2D eigenvalue weighted by atomic mass is 9.80. The van der Waals surface area contributed by atoms with Crippen molar-refractivity contribution in [2.45, 2.75) is 33.2 Å². The number of benzene rings is 1. The van der Waals surface area contributed by atoms with E-state index in [1.165, 1.54) is 18.2 Å². The van der Waals surface area contributed by atoms with E-state index in [1.807, 2.05) is 0 Å². The van der Waals surface area contributed by atoms with Crippen LogP contribution in [0.15, 0.2) is 23.4 Å². The van der Waals surface area contributed by atoms with E-state index >= 15 is 0 Å². The first kappa shape index (κ1) is 17.2. The molecule has 0 spiro atoms. The van der Waals surface area contributed by atoms with Gasteiger partial charge in [0, 0.05) is 6.54 Å². The highest BCUT2D eigenvalue weighted by molar-refractivity contribution is 6.30. The fourth-order valence-electron chi connectivity index (χ4n) is 2.15. The lowest BCUT2D eigenvalue weighted by Gasteiger charge is -2.28. The standard InChI is InChI=1S/C14H19ClFN3O2/c1-3-14(4-2,12(17)19-21)13(20)18-8-9-5-6-11(16)10(15)7-9/h5-7,21H,3-4,8H2,1-2H3,(H2,17,19)(H,18,20). The average molecular weight is 316 g/mol. The van der Waals surface area contributed by atoms with Crippen LogP contribution in [0.5, 0.6) is 0 Å². The third kappa shape index (κ3) is 3.64. The number of nitrogens with two attached hydrogens (primary N) is 1. The molecule has 0 aliphatic rings. The molecule has 0 saturated carbocycles. The van der Waals surface area contributed by atoms with Crippen LogP contribution in [-0.4, -0.2) is 17.0 Å². The van der Waals surface area contributed by atoms with E-state index in [0.717, 1.165) is 0 Å². The molecular formula is C14H19ClFN3O2. The second kappa shape index (κ2) is 7.26. The van der Waals surface area contributed by atoms with Crippen LogP contribution in [0.2, 0.25) is 5.02 Å². The Labute approximate surface area is 128 Å². The van der Waals surface area contributed by atoms with E-state index < -0.39 is 11.2 Å². The first-order valence-electron chi connectivity index (χ1n) is 6.61. The number of oxime groups is 1. The van der Waals surface area contributed by atoms with Crippen molar-refractivity contribution in [2.75, 3.05) is 0 Å². The number of carbonyl (C=O) groups is 1. The zero-order valence-electron chi connectivity index (χ0n) is 12.0. The summed E-state index contributed by atoms with van der Waals surface area (Å²) in [7, 11) is 0. The zero-order chi connectivity index (χ0) is 16.0. The van der Waals surface area contributed by atoms with Gasteiger partial charge >= 0.3 is 0 Å². The van der Waals surface area contributed by atoms with Gasteiger partial charge in [-0.2, -0.15) is 0 Å². The lowest BCUT2D eigenvalue weighted by Crippen LogP contribution is -2.49. The predicted molar refractivity (Wildman–Crippen MR) is 79.7 cm³/mol. The summed E-state index contributed by atoms with van der Waals surface area (Å²) >= 11 is 5.69. The SMILES string of the molecule is CCC(CC)(C(=O)NCc1ccc(F)c(Cl)c1)C(N)=NO. The maximum Gasteiger partial charge on any atom is 0.234 e. The molecule has 116 valence electrons. The summed E-state index contributed by atoms with van der Waals surface area (Å²) in [6.07, 6.45) is 0.796. The van der Waals surface area contributed by atoms with Crippen LogP contribution in [0.1, 0.15) is 32.3 Å². The molecule has 7 heteroatoms. The van der Waals surface area contributed by atoms with Crippen molar-refractivity contribution < 1.29 is 14.4 Å². The summed E-state index contributed by atoms with van der Waals surface area (Å²) in [6, 6.07) is 4.21. The Balaban J connectivity index is 2.86. The minimum absolute atomic E-state index is 0.00423. The Bertz CT molecular complexity index is 545. The largest absolute Gasteiger partial charge is 0.409 e. The van der Waals surface area contributed by atoms with Gasteiger partial charge in [-0.1, -0.05) is 36.7 Å². The predicted octanol–water partition coefficient (Wildman–Crippen LogP) is 2.65. The van der Waals surface area contributed by atoms with Crippen molar-refractivity contribution in [3.8, 4) is 0 Å². The maximum absolute atomic E-state index is 13.1. The van der Waals surface area contributed by atoms with Crippen LogP contribution in [-0.2, 0) is 11.3 Å². The summed E-state index contributed by atoms with van der Waals surface area (Å²) in [4.78, 5) is 12.4. The monoisotopic (exact) mass is 315 g/mol. The second-order valence-electron chi connectivity index (χ2n) is 4.71. The molecule has 4 N–H and O–H groups in total. The summed E-state index contributed by atoms with van der Waals surface area (Å²) in [5, 5.41) is 14.5. The molecule has 21 heavy (non-hydrogen) atoms. The number of rotatable bonds is 6. The van der Waals surface area contributed by atoms with Crippen LogP contribution >= 0.6 is 11.6 Å². The molecule has 5 nitrogen and oxygen atoms in total. The number of carbonyl (C=O) groups excluding carboxylic acids is 1. The molecule has 0 bridgehead atoms. The van der Waals surface area contributed by atoms with Crippen molar-refractivity contribution in [3.63, 3.8) is 0 Å². The van der Waals surface area contributed by atoms with E-state index in [1.54, 1.807) is 13.8 Å². The fraction of sp³-hybridized carbons (Fsp3) is 0.429. The Morgan fingerprint density at radius 3 is 2.57 bits per heavy atom. The number of amidine groups is 1. The first-order valence-corrected chi connectivity index (χ1v) is 6.99. The molecule has 0 aromatic heterocycles. The molecule has 1 aromatic carbocycles. The van der Waals surface area contributed by atoms with Gasteiger partial charge in [0.25, 0.3) is 0 Å². The highest BCUT2D eigenvalue weighted by Crippen LogP contribution is 2.27. The quantitative estimate of drug-likeness (QED) is 0.326. The Hall–Kier alpha value is -1.82. The average Bonchev–Trinajstić information content (AvgIpc) is 2.49. The van der Waals surface area contributed by atoms with E-state index in [4.69, 9.17) is 22.5 Å². The van der Waals surface area contributed by atoms with Gasteiger partial charge in [0.2, 0.25) is 5.91 Å². The second-order valence-corrected chi connectivity index (χ2v) is 5.11. The molecule has 1 rings (SSSR count). The maximum atomic E-state index is 13.1. The third-order valence-electron chi connectivity index (χ3n) is 3.68. The molecule has 0 fully saturated rings. The number of hydrogen-bond acceptors (Lipinski definition) is 3. The first-order chi connectivity index (χ1) is 9.91. The minimum atomic E-state index is -1.06.